The molecule has 0 atom stereocenters. The minimum Gasteiger partial charge on any atom is -0.399 e. The third-order valence-corrected chi connectivity index (χ3v) is 15.6. The third-order valence-electron chi connectivity index (χ3n) is 6.70. The van der Waals surface area contributed by atoms with Crippen molar-refractivity contribution in [1.82, 2.24) is 19.1 Å². The number of nitrogens with zero attached hydrogens (tertiary/aromatic N) is 4. The summed E-state index contributed by atoms with van der Waals surface area (Å²) < 4.78 is 15.8. The minimum atomic E-state index is -2.02. The van der Waals surface area contributed by atoms with Crippen LogP contribution in [-0.4, -0.2) is 35.7 Å². The van der Waals surface area contributed by atoms with E-state index >= 15 is 0 Å². The number of rotatable bonds is 7. The summed E-state index contributed by atoms with van der Waals surface area (Å²) in [6.45, 7) is 26.2. The van der Waals surface area contributed by atoms with Crippen LogP contribution < -0.4 is 5.69 Å². The maximum atomic E-state index is 12.9. The lowest BCUT2D eigenvalue weighted by molar-refractivity contribution is 0.206. The summed E-state index contributed by atoms with van der Waals surface area (Å²) >= 11 is 0. The molecule has 9 heteroatoms. The molecule has 0 unspecified atom stereocenters. The van der Waals surface area contributed by atoms with Gasteiger partial charge in [0.15, 0.2) is 22.3 Å². The van der Waals surface area contributed by atoms with Crippen molar-refractivity contribution in [2.75, 3.05) is 0 Å². The van der Waals surface area contributed by atoms with Crippen molar-refractivity contribution in [2.24, 2.45) is 0 Å². The fourth-order valence-electron chi connectivity index (χ4n) is 2.37. The summed E-state index contributed by atoms with van der Waals surface area (Å²) in [7, 11) is -3.96. The van der Waals surface area contributed by atoms with Gasteiger partial charge in [0.2, 0.25) is 0 Å². The smallest absolute Gasteiger partial charge is 0.352 e. The SMILES string of the molecule is C=Cc1c2ncn(CO[Si](C)(C)C(C)(C)C)c2nc(=O)n1CO[Si](C)(C)C(C)(C)C. The standard InChI is InChI=1S/C21H38N4O3Si2/c1-12-16-17-18(24(13-22-17)14-27-29(8,9)20(2,3)4)23-19(26)25(16)15-28-30(10,11)21(5,6)7/h12-13H,1,14-15H2,2-11H3. The molecule has 0 aromatic carbocycles. The van der Waals surface area contributed by atoms with Crippen molar-refractivity contribution in [2.45, 2.75) is 91.3 Å². The Hall–Kier alpha value is -1.56. The predicted molar refractivity (Wildman–Crippen MR) is 128 cm³/mol. The molecule has 0 aliphatic carbocycles. The molecule has 0 aliphatic rings. The van der Waals surface area contributed by atoms with Gasteiger partial charge in [-0.2, -0.15) is 4.98 Å². The van der Waals surface area contributed by atoms with Crippen LogP contribution in [0.3, 0.4) is 0 Å². The van der Waals surface area contributed by atoms with Gasteiger partial charge in [0.25, 0.3) is 0 Å². The second-order valence-electron chi connectivity index (χ2n) is 10.9. The summed E-state index contributed by atoms with van der Waals surface area (Å²) in [5, 5.41) is 0.141. The molecule has 168 valence electrons. The molecule has 0 fully saturated rings. The van der Waals surface area contributed by atoms with E-state index in [2.05, 4.69) is 84.3 Å². The monoisotopic (exact) mass is 450 g/mol. The summed E-state index contributed by atoms with van der Waals surface area (Å²) in [6, 6.07) is 0. The van der Waals surface area contributed by atoms with E-state index in [-0.39, 0.29) is 22.5 Å². The summed E-state index contributed by atoms with van der Waals surface area (Å²) in [4.78, 5) is 21.7. The lowest BCUT2D eigenvalue weighted by atomic mass is 10.2. The minimum absolute atomic E-state index is 0.0468. The Morgan fingerprint density at radius 2 is 1.50 bits per heavy atom. The summed E-state index contributed by atoms with van der Waals surface area (Å²) in [6.07, 6.45) is 3.32. The second kappa shape index (κ2) is 8.18. The first-order valence-electron chi connectivity index (χ1n) is 10.4. The second-order valence-corrected chi connectivity index (χ2v) is 20.5. The van der Waals surface area contributed by atoms with Crippen LogP contribution in [0, 0.1) is 0 Å². The molecule has 30 heavy (non-hydrogen) atoms. The van der Waals surface area contributed by atoms with Crippen molar-refractivity contribution < 1.29 is 8.85 Å². The highest BCUT2D eigenvalue weighted by Crippen LogP contribution is 2.37. The molecule has 0 bridgehead atoms. The van der Waals surface area contributed by atoms with Gasteiger partial charge < -0.3 is 8.85 Å². The van der Waals surface area contributed by atoms with Crippen LogP contribution in [0.15, 0.2) is 17.7 Å². The topological polar surface area (TPSA) is 71.2 Å². The Kier molecular flexibility index (Phi) is 6.74. The predicted octanol–water partition coefficient (Wildman–Crippen LogP) is 5.19. The van der Waals surface area contributed by atoms with E-state index in [9.17, 15) is 4.79 Å². The molecule has 2 rings (SSSR count). The van der Waals surface area contributed by atoms with E-state index in [1.54, 1.807) is 17.0 Å². The Morgan fingerprint density at radius 1 is 1.00 bits per heavy atom. The Morgan fingerprint density at radius 3 is 1.97 bits per heavy atom. The molecule has 0 spiro atoms. The molecule has 0 amide bonds. The molecule has 0 radical (unpaired) electrons. The highest BCUT2D eigenvalue weighted by Gasteiger charge is 2.38. The molecule has 7 nitrogen and oxygen atoms in total. The van der Waals surface area contributed by atoms with Crippen LogP contribution in [0.4, 0.5) is 0 Å². The number of hydrogen-bond acceptors (Lipinski definition) is 5. The van der Waals surface area contributed by atoms with Gasteiger partial charge in [0, 0.05) is 0 Å². The fourth-order valence-corrected chi connectivity index (χ4v) is 4.15. The van der Waals surface area contributed by atoms with E-state index in [0.717, 1.165) is 0 Å². The number of aromatic nitrogens is 4. The van der Waals surface area contributed by atoms with Gasteiger partial charge in [-0.3, -0.25) is 9.13 Å². The molecule has 0 saturated carbocycles. The normalized spacial score (nSPS) is 13.8. The molecule has 2 heterocycles. The maximum absolute atomic E-state index is 12.9. The maximum Gasteiger partial charge on any atom is 0.352 e. The van der Waals surface area contributed by atoms with E-state index in [1.165, 1.54) is 4.57 Å². The fraction of sp³-hybridized carbons (Fsp3) is 0.667. The van der Waals surface area contributed by atoms with Crippen LogP contribution in [0.25, 0.3) is 17.2 Å². The average molecular weight is 451 g/mol. The molecule has 0 saturated heterocycles. The van der Waals surface area contributed by atoms with Gasteiger partial charge in [-0.1, -0.05) is 48.1 Å². The molecule has 2 aromatic heterocycles. The number of hydrogen-bond donors (Lipinski definition) is 0. The third kappa shape index (κ3) is 4.84. The van der Waals surface area contributed by atoms with E-state index in [0.29, 0.717) is 23.6 Å². The van der Waals surface area contributed by atoms with Crippen LogP contribution in [0.2, 0.25) is 36.3 Å². The van der Waals surface area contributed by atoms with Gasteiger partial charge in [0.05, 0.1) is 12.0 Å². The van der Waals surface area contributed by atoms with Crippen LogP contribution in [0.5, 0.6) is 0 Å². The summed E-state index contributed by atoms with van der Waals surface area (Å²) in [5.74, 6) is 0. The lowest BCUT2D eigenvalue weighted by Gasteiger charge is -2.36. The van der Waals surface area contributed by atoms with Crippen molar-refractivity contribution in [3.63, 3.8) is 0 Å². The van der Waals surface area contributed by atoms with Gasteiger partial charge in [-0.15, -0.1) is 0 Å². The molecule has 0 N–H and O–H groups in total. The molecular formula is C21H38N4O3Si2. The van der Waals surface area contributed by atoms with Crippen LogP contribution in [0.1, 0.15) is 47.2 Å². The van der Waals surface area contributed by atoms with Gasteiger partial charge in [-0.25, -0.2) is 9.78 Å². The highest BCUT2D eigenvalue weighted by molar-refractivity contribution is 6.74. The van der Waals surface area contributed by atoms with Crippen LogP contribution in [-0.2, 0) is 22.3 Å². The Balaban J connectivity index is 2.39. The Bertz CT molecular complexity index is 979. The van der Waals surface area contributed by atoms with Crippen molar-refractivity contribution >= 4 is 33.9 Å². The zero-order valence-electron chi connectivity index (χ0n) is 20.3. The van der Waals surface area contributed by atoms with Crippen molar-refractivity contribution in [3.8, 4) is 0 Å². The largest absolute Gasteiger partial charge is 0.399 e. The first-order chi connectivity index (χ1) is 13.5. The molecule has 2 aromatic rings. The van der Waals surface area contributed by atoms with Gasteiger partial charge >= 0.3 is 5.69 Å². The quantitative estimate of drug-likeness (QED) is 0.543. The zero-order chi connectivity index (χ0) is 23.1. The first kappa shape index (κ1) is 24.7. The first-order valence-corrected chi connectivity index (χ1v) is 16.2. The number of imidazole rings is 1. The van der Waals surface area contributed by atoms with Crippen molar-refractivity contribution in [1.29, 1.82) is 0 Å². The van der Waals surface area contributed by atoms with Crippen LogP contribution >= 0.6 is 0 Å². The number of fused-ring (bicyclic) bond motifs is 1. The van der Waals surface area contributed by atoms with E-state index in [1.807, 2.05) is 0 Å². The Labute approximate surface area is 182 Å². The molecule has 0 aliphatic heterocycles. The van der Waals surface area contributed by atoms with E-state index in [4.69, 9.17) is 8.85 Å². The van der Waals surface area contributed by atoms with Crippen molar-refractivity contribution in [3.05, 3.63) is 29.1 Å². The van der Waals surface area contributed by atoms with Gasteiger partial charge in [0.1, 0.15) is 19.0 Å². The molecular weight excluding hydrogens is 412 g/mol. The lowest BCUT2D eigenvalue weighted by Crippen LogP contribution is -2.42. The average Bonchev–Trinajstić information content (AvgIpc) is 2.98. The summed E-state index contributed by atoms with van der Waals surface area (Å²) in [5.41, 5.74) is 1.39. The highest BCUT2D eigenvalue weighted by atomic mass is 28.4. The van der Waals surface area contributed by atoms with Gasteiger partial charge in [-0.05, 0) is 42.3 Å². The zero-order valence-corrected chi connectivity index (χ0v) is 22.3. The van der Waals surface area contributed by atoms with E-state index < -0.39 is 16.6 Å².